The highest BCUT2D eigenvalue weighted by Crippen LogP contribution is 2.20. The standard InChI is InChI=1S/C18H28N4O/c1-3-14(2)15-7-9-16(10-8-15)21-18(19)20-11-5-13-22-12-4-6-17(22)23/h7-10,14H,3-6,11-13H2,1-2H3,(H3,19,20,21). The maximum Gasteiger partial charge on any atom is 0.222 e. The highest BCUT2D eigenvalue weighted by molar-refractivity contribution is 5.92. The van der Waals surface area contributed by atoms with Gasteiger partial charge in [-0.05, 0) is 42.9 Å². The van der Waals surface area contributed by atoms with E-state index in [1.165, 1.54) is 5.56 Å². The minimum absolute atomic E-state index is 0.265. The number of aliphatic imine (C=N–C) groups is 1. The number of nitrogens with one attached hydrogen (secondary N) is 1. The van der Waals surface area contributed by atoms with Gasteiger partial charge in [0.2, 0.25) is 5.91 Å². The predicted octanol–water partition coefficient (Wildman–Crippen LogP) is 2.94. The minimum Gasteiger partial charge on any atom is -0.370 e. The maximum atomic E-state index is 11.5. The molecule has 126 valence electrons. The van der Waals surface area contributed by atoms with Gasteiger partial charge in [0.25, 0.3) is 0 Å². The van der Waals surface area contributed by atoms with Crippen LogP contribution in [-0.2, 0) is 4.79 Å². The van der Waals surface area contributed by atoms with E-state index < -0.39 is 0 Å². The molecule has 1 aromatic rings. The summed E-state index contributed by atoms with van der Waals surface area (Å²) in [5.41, 5.74) is 8.20. The van der Waals surface area contributed by atoms with E-state index in [1.807, 2.05) is 17.0 Å². The summed E-state index contributed by atoms with van der Waals surface area (Å²) in [5, 5.41) is 3.11. The van der Waals surface area contributed by atoms with Crippen LogP contribution in [0.3, 0.4) is 0 Å². The molecule has 1 aromatic carbocycles. The van der Waals surface area contributed by atoms with Gasteiger partial charge in [-0.2, -0.15) is 0 Å². The first-order valence-corrected chi connectivity index (χ1v) is 8.54. The van der Waals surface area contributed by atoms with Gasteiger partial charge < -0.3 is 16.0 Å². The van der Waals surface area contributed by atoms with Gasteiger partial charge in [-0.3, -0.25) is 9.79 Å². The third-order valence-corrected chi connectivity index (χ3v) is 4.40. The molecule has 1 heterocycles. The largest absolute Gasteiger partial charge is 0.370 e. The van der Waals surface area contributed by atoms with Crippen LogP contribution in [-0.4, -0.2) is 36.4 Å². The Balaban J connectivity index is 1.74. The summed E-state index contributed by atoms with van der Waals surface area (Å²) in [4.78, 5) is 17.7. The number of hydrogen-bond donors (Lipinski definition) is 2. The lowest BCUT2D eigenvalue weighted by Gasteiger charge is -2.14. The second-order valence-corrected chi connectivity index (χ2v) is 6.16. The summed E-state index contributed by atoms with van der Waals surface area (Å²) in [5.74, 6) is 1.26. The van der Waals surface area contributed by atoms with Gasteiger partial charge in [-0.25, -0.2) is 0 Å². The number of nitrogens with two attached hydrogens (primary N) is 1. The Bertz CT molecular complexity index is 538. The van der Waals surface area contributed by atoms with Gasteiger partial charge in [-0.15, -0.1) is 0 Å². The molecule has 0 radical (unpaired) electrons. The lowest BCUT2D eigenvalue weighted by Crippen LogP contribution is -2.27. The Morgan fingerprint density at radius 1 is 1.39 bits per heavy atom. The van der Waals surface area contributed by atoms with Crippen molar-refractivity contribution in [3.05, 3.63) is 29.8 Å². The Labute approximate surface area is 139 Å². The number of likely N-dealkylation sites (tertiary alicyclic amines) is 1. The summed E-state index contributed by atoms with van der Waals surface area (Å²) < 4.78 is 0. The Hall–Kier alpha value is -2.04. The molecule has 1 saturated heterocycles. The van der Waals surface area contributed by atoms with Crippen molar-refractivity contribution in [2.75, 3.05) is 25.0 Å². The normalized spacial score (nSPS) is 16.7. The minimum atomic E-state index is 0.265. The van der Waals surface area contributed by atoms with E-state index >= 15 is 0 Å². The van der Waals surface area contributed by atoms with E-state index in [2.05, 4.69) is 36.3 Å². The summed E-state index contributed by atoms with van der Waals surface area (Å²) in [6, 6.07) is 8.32. The van der Waals surface area contributed by atoms with Crippen molar-refractivity contribution in [2.45, 2.75) is 45.4 Å². The molecule has 3 N–H and O–H groups in total. The molecule has 0 spiro atoms. The summed E-state index contributed by atoms with van der Waals surface area (Å²) in [7, 11) is 0. The molecule has 0 aromatic heterocycles. The molecule has 1 aliphatic heterocycles. The molecule has 5 heteroatoms. The molecule has 1 aliphatic rings. The van der Waals surface area contributed by atoms with Crippen molar-refractivity contribution >= 4 is 17.6 Å². The number of rotatable bonds is 7. The van der Waals surface area contributed by atoms with Crippen LogP contribution in [0.2, 0.25) is 0 Å². The second kappa shape index (κ2) is 8.56. The quantitative estimate of drug-likeness (QED) is 0.461. The molecular formula is C18H28N4O. The van der Waals surface area contributed by atoms with Crippen molar-refractivity contribution in [1.29, 1.82) is 0 Å². The first-order valence-electron chi connectivity index (χ1n) is 8.54. The van der Waals surface area contributed by atoms with E-state index in [0.717, 1.165) is 38.0 Å². The number of anilines is 1. The van der Waals surface area contributed by atoms with Crippen LogP contribution in [0.5, 0.6) is 0 Å². The molecule has 1 atom stereocenters. The summed E-state index contributed by atoms with van der Waals surface area (Å²) in [6.07, 6.45) is 3.66. The van der Waals surface area contributed by atoms with Crippen LogP contribution in [0.4, 0.5) is 5.69 Å². The van der Waals surface area contributed by atoms with E-state index in [0.29, 0.717) is 24.8 Å². The SMILES string of the molecule is CCC(C)c1ccc(NC(N)=NCCCN2CCCC2=O)cc1. The van der Waals surface area contributed by atoms with Crippen molar-refractivity contribution in [1.82, 2.24) is 4.90 Å². The van der Waals surface area contributed by atoms with Gasteiger partial charge in [-0.1, -0.05) is 26.0 Å². The smallest absolute Gasteiger partial charge is 0.222 e. The number of guanidine groups is 1. The van der Waals surface area contributed by atoms with Crippen LogP contribution < -0.4 is 11.1 Å². The van der Waals surface area contributed by atoms with E-state index in [-0.39, 0.29) is 5.91 Å². The third-order valence-electron chi connectivity index (χ3n) is 4.40. The molecule has 1 fully saturated rings. The molecule has 1 unspecified atom stereocenters. The number of nitrogens with zero attached hydrogens (tertiary/aromatic N) is 2. The van der Waals surface area contributed by atoms with Crippen LogP contribution >= 0.6 is 0 Å². The Morgan fingerprint density at radius 3 is 2.74 bits per heavy atom. The highest BCUT2D eigenvalue weighted by Gasteiger charge is 2.18. The van der Waals surface area contributed by atoms with Gasteiger partial charge in [0, 0.05) is 31.7 Å². The Kier molecular flexibility index (Phi) is 6.44. The van der Waals surface area contributed by atoms with Crippen molar-refractivity contribution in [2.24, 2.45) is 10.7 Å². The maximum absolute atomic E-state index is 11.5. The fraction of sp³-hybridized carbons (Fsp3) is 0.556. The average Bonchev–Trinajstić information content (AvgIpc) is 2.96. The second-order valence-electron chi connectivity index (χ2n) is 6.16. The molecule has 0 saturated carbocycles. The van der Waals surface area contributed by atoms with Gasteiger partial charge in [0.05, 0.1) is 0 Å². The topological polar surface area (TPSA) is 70.7 Å². The first kappa shape index (κ1) is 17.3. The van der Waals surface area contributed by atoms with Gasteiger partial charge >= 0.3 is 0 Å². The Morgan fingerprint density at radius 2 is 2.13 bits per heavy atom. The molecular weight excluding hydrogens is 288 g/mol. The zero-order valence-electron chi connectivity index (χ0n) is 14.2. The van der Waals surface area contributed by atoms with Gasteiger partial charge in [0.15, 0.2) is 5.96 Å². The molecule has 0 bridgehead atoms. The number of hydrogen-bond acceptors (Lipinski definition) is 2. The third kappa shape index (κ3) is 5.27. The average molecular weight is 316 g/mol. The monoisotopic (exact) mass is 316 g/mol. The van der Waals surface area contributed by atoms with Gasteiger partial charge in [0.1, 0.15) is 0 Å². The van der Waals surface area contributed by atoms with E-state index in [9.17, 15) is 4.79 Å². The number of carbonyl (C=O) groups is 1. The predicted molar refractivity (Wildman–Crippen MR) is 95.7 cm³/mol. The van der Waals surface area contributed by atoms with Crippen LogP contribution in [0.15, 0.2) is 29.3 Å². The lowest BCUT2D eigenvalue weighted by molar-refractivity contribution is -0.127. The molecule has 0 aliphatic carbocycles. The number of amides is 1. The summed E-state index contributed by atoms with van der Waals surface area (Å²) in [6.45, 7) is 6.71. The van der Waals surface area contributed by atoms with Crippen molar-refractivity contribution in [3.8, 4) is 0 Å². The first-order chi connectivity index (χ1) is 11.1. The highest BCUT2D eigenvalue weighted by atomic mass is 16.2. The lowest BCUT2D eigenvalue weighted by atomic mass is 9.99. The fourth-order valence-corrected chi connectivity index (χ4v) is 2.72. The van der Waals surface area contributed by atoms with Crippen molar-refractivity contribution < 1.29 is 4.79 Å². The number of carbonyl (C=O) groups excluding carboxylic acids is 1. The molecule has 1 amide bonds. The molecule has 5 nitrogen and oxygen atoms in total. The number of benzene rings is 1. The zero-order valence-corrected chi connectivity index (χ0v) is 14.2. The van der Waals surface area contributed by atoms with E-state index in [4.69, 9.17) is 5.73 Å². The summed E-state index contributed by atoms with van der Waals surface area (Å²) >= 11 is 0. The zero-order chi connectivity index (χ0) is 16.7. The van der Waals surface area contributed by atoms with Crippen LogP contribution in [0.25, 0.3) is 0 Å². The van der Waals surface area contributed by atoms with E-state index in [1.54, 1.807) is 0 Å². The van der Waals surface area contributed by atoms with Crippen LogP contribution in [0.1, 0.15) is 51.0 Å². The fourth-order valence-electron chi connectivity index (χ4n) is 2.72. The van der Waals surface area contributed by atoms with Crippen molar-refractivity contribution in [3.63, 3.8) is 0 Å². The molecule has 23 heavy (non-hydrogen) atoms. The van der Waals surface area contributed by atoms with Crippen LogP contribution in [0, 0.1) is 0 Å². The molecule has 2 rings (SSSR count).